The highest BCUT2D eigenvalue weighted by molar-refractivity contribution is 5.89. The topological polar surface area (TPSA) is 49.9 Å². The molecule has 2 aliphatic heterocycles. The third-order valence-electron chi connectivity index (χ3n) is 6.28. The molecule has 2 aliphatic rings. The molecule has 0 aliphatic carbocycles. The number of likely N-dealkylation sites (tertiary alicyclic amines) is 2. The van der Waals surface area contributed by atoms with Crippen LogP contribution in [0.15, 0.2) is 48.5 Å². The highest BCUT2D eigenvalue weighted by Crippen LogP contribution is 2.32. The van der Waals surface area contributed by atoms with Crippen LogP contribution in [0.4, 0.5) is 13.2 Å². The third-order valence-corrected chi connectivity index (χ3v) is 6.28. The Labute approximate surface area is 184 Å². The fourth-order valence-electron chi connectivity index (χ4n) is 4.52. The summed E-state index contributed by atoms with van der Waals surface area (Å²) < 4.78 is 44.0. The maximum absolute atomic E-state index is 13.0. The Kier molecular flexibility index (Phi) is 6.13. The van der Waals surface area contributed by atoms with Gasteiger partial charge in [0.25, 0.3) is 0 Å². The number of hydrogen-bond acceptors (Lipinski definition) is 3. The Morgan fingerprint density at radius 2 is 1.88 bits per heavy atom. The van der Waals surface area contributed by atoms with Gasteiger partial charge in [-0.05, 0) is 41.8 Å². The SMILES string of the molecule is COc1ccc(C2CCN(C(=O)C3CC(=O)N(Cc4cccc(C(F)(F)F)c4)C3)C2)cc1. The number of ether oxygens (including phenoxy) is 1. The number of nitrogens with zero attached hydrogens (tertiary/aromatic N) is 2. The van der Waals surface area contributed by atoms with Crippen molar-refractivity contribution in [3.05, 3.63) is 65.2 Å². The highest BCUT2D eigenvalue weighted by Gasteiger charge is 2.39. The van der Waals surface area contributed by atoms with E-state index < -0.39 is 17.7 Å². The lowest BCUT2D eigenvalue weighted by Gasteiger charge is -2.21. The Bertz CT molecular complexity index is 991. The first kappa shape index (κ1) is 22.2. The van der Waals surface area contributed by atoms with Crippen LogP contribution in [0.3, 0.4) is 0 Å². The fourth-order valence-corrected chi connectivity index (χ4v) is 4.52. The molecule has 4 rings (SSSR count). The number of benzene rings is 2. The van der Waals surface area contributed by atoms with Gasteiger partial charge in [0.1, 0.15) is 5.75 Å². The monoisotopic (exact) mass is 446 g/mol. The molecule has 2 aromatic carbocycles. The van der Waals surface area contributed by atoms with Crippen LogP contribution >= 0.6 is 0 Å². The van der Waals surface area contributed by atoms with Crippen molar-refractivity contribution in [1.82, 2.24) is 9.80 Å². The van der Waals surface area contributed by atoms with Crippen LogP contribution in [0.1, 0.15) is 35.4 Å². The molecule has 32 heavy (non-hydrogen) atoms. The zero-order chi connectivity index (χ0) is 22.9. The second kappa shape index (κ2) is 8.84. The van der Waals surface area contributed by atoms with Gasteiger partial charge in [-0.1, -0.05) is 24.3 Å². The summed E-state index contributed by atoms with van der Waals surface area (Å²) >= 11 is 0. The van der Waals surface area contributed by atoms with Crippen molar-refractivity contribution in [1.29, 1.82) is 0 Å². The molecule has 8 heteroatoms. The van der Waals surface area contributed by atoms with E-state index in [1.165, 1.54) is 11.0 Å². The van der Waals surface area contributed by atoms with Gasteiger partial charge in [0, 0.05) is 38.5 Å². The van der Waals surface area contributed by atoms with Gasteiger partial charge in [-0.2, -0.15) is 13.2 Å². The summed E-state index contributed by atoms with van der Waals surface area (Å²) in [4.78, 5) is 28.8. The van der Waals surface area contributed by atoms with E-state index in [9.17, 15) is 22.8 Å². The molecule has 2 heterocycles. The smallest absolute Gasteiger partial charge is 0.416 e. The summed E-state index contributed by atoms with van der Waals surface area (Å²) in [5, 5.41) is 0. The van der Waals surface area contributed by atoms with Crippen molar-refractivity contribution in [2.24, 2.45) is 5.92 Å². The molecule has 170 valence electrons. The first-order valence-corrected chi connectivity index (χ1v) is 10.6. The van der Waals surface area contributed by atoms with Crippen LogP contribution in [0.25, 0.3) is 0 Å². The molecule has 0 saturated carbocycles. The lowest BCUT2D eigenvalue weighted by atomic mass is 9.98. The molecule has 2 atom stereocenters. The summed E-state index contributed by atoms with van der Waals surface area (Å²) in [6.07, 6.45) is -3.48. The maximum Gasteiger partial charge on any atom is 0.416 e. The van der Waals surface area contributed by atoms with Gasteiger partial charge < -0.3 is 14.5 Å². The maximum atomic E-state index is 13.0. The lowest BCUT2D eigenvalue weighted by molar-refractivity contribution is -0.137. The molecule has 2 unspecified atom stereocenters. The van der Waals surface area contributed by atoms with E-state index >= 15 is 0 Å². The molecule has 2 amide bonds. The largest absolute Gasteiger partial charge is 0.497 e. The second-order valence-corrected chi connectivity index (χ2v) is 8.42. The number of amides is 2. The van der Waals surface area contributed by atoms with Gasteiger partial charge in [0.2, 0.25) is 11.8 Å². The van der Waals surface area contributed by atoms with Gasteiger partial charge in [-0.25, -0.2) is 0 Å². The predicted molar refractivity (Wildman–Crippen MR) is 112 cm³/mol. The van der Waals surface area contributed by atoms with Crippen molar-refractivity contribution in [3.63, 3.8) is 0 Å². The van der Waals surface area contributed by atoms with Crippen LogP contribution in [0.5, 0.6) is 5.75 Å². The van der Waals surface area contributed by atoms with Gasteiger partial charge in [-0.15, -0.1) is 0 Å². The first-order chi connectivity index (χ1) is 15.2. The van der Waals surface area contributed by atoms with Crippen LogP contribution in [-0.4, -0.2) is 48.4 Å². The second-order valence-electron chi connectivity index (χ2n) is 8.42. The number of alkyl halides is 3. The van der Waals surface area contributed by atoms with Crippen molar-refractivity contribution in [3.8, 4) is 5.75 Å². The molecule has 5 nitrogen and oxygen atoms in total. The van der Waals surface area contributed by atoms with E-state index in [1.54, 1.807) is 18.1 Å². The van der Waals surface area contributed by atoms with Crippen molar-refractivity contribution >= 4 is 11.8 Å². The summed E-state index contributed by atoms with van der Waals surface area (Å²) in [6, 6.07) is 12.8. The van der Waals surface area contributed by atoms with Gasteiger partial charge >= 0.3 is 6.18 Å². The molecule has 0 spiro atoms. The van der Waals surface area contributed by atoms with Crippen LogP contribution in [0, 0.1) is 5.92 Å². The number of hydrogen-bond donors (Lipinski definition) is 0. The van der Waals surface area contributed by atoms with E-state index in [2.05, 4.69) is 0 Å². The molecular formula is C24H25F3N2O3. The summed E-state index contributed by atoms with van der Waals surface area (Å²) in [6.45, 7) is 1.54. The minimum absolute atomic E-state index is 0.0547. The van der Waals surface area contributed by atoms with Crippen molar-refractivity contribution in [2.75, 3.05) is 26.7 Å². The molecule has 0 radical (unpaired) electrons. The zero-order valence-corrected chi connectivity index (χ0v) is 17.8. The Hall–Kier alpha value is -3.03. The van der Waals surface area contributed by atoms with Crippen molar-refractivity contribution < 1.29 is 27.5 Å². The molecular weight excluding hydrogens is 421 g/mol. The molecule has 2 fully saturated rings. The normalized spacial score (nSPS) is 21.3. The average Bonchev–Trinajstić information content (AvgIpc) is 3.40. The molecule has 0 bridgehead atoms. The number of carbonyl (C=O) groups excluding carboxylic acids is 2. The fraction of sp³-hybridized carbons (Fsp3) is 0.417. The number of rotatable bonds is 5. The van der Waals surface area contributed by atoms with Gasteiger partial charge in [0.05, 0.1) is 18.6 Å². The molecule has 0 aromatic heterocycles. The van der Waals surface area contributed by atoms with Crippen LogP contribution in [-0.2, 0) is 22.3 Å². The molecule has 0 N–H and O–H groups in total. The Balaban J connectivity index is 1.36. The Morgan fingerprint density at radius 1 is 1.12 bits per heavy atom. The van der Waals surface area contributed by atoms with E-state index in [0.717, 1.165) is 29.9 Å². The van der Waals surface area contributed by atoms with Crippen molar-refractivity contribution in [2.45, 2.75) is 31.5 Å². The minimum Gasteiger partial charge on any atom is -0.497 e. The number of methoxy groups -OCH3 is 1. The summed E-state index contributed by atoms with van der Waals surface area (Å²) in [5.74, 6) is 0.309. The van der Waals surface area contributed by atoms with Gasteiger partial charge in [0.15, 0.2) is 0 Å². The van der Waals surface area contributed by atoms with E-state index in [1.807, 2.05) is 24.3 Å². The zero-order valence-electron chi connectivity index (χ0n) is 17.8. The summed E-state index contributed by atoms with van der Waals surface area (Å²) in [5.41, 5.74) is 0.813. The first-order valence-electron chi connectivity index (χ1n) is 10.6. The highest BCUT2D eigenvalue weighted by atomic mass is 19.4. The van der Waals surface area contributed by atoms with Gasteiger partial charge in [-0.3, -0.25) is 9.59 Å². The van der Waals surface area contributed by atoms with E-state index in [-0.39, 0.29) is 37.2 Å². The number of halogens is 3. The summed E-state index contributed by atoms with van der Waals surface area (Å²) in [7, 11) is 1.62. The third kappa shape index (κ3) is 4.74. The van der Waals surface area contributed by atoms with Crippen LogP contribution in [0.2, 0.25) is 0 Å². The average molecular weight is 446 g/mol. The van der Waals surface area contributed by atoms with E-state index in [0.29, 0.717) is 18.7 Å². The van der Waals surface area contributed by atoms with E-state index in [4.69, 9.17) is 4.74 Å². The predicted octanol–water partition coefficient (Wildman–Crippen LogP) is 4.08. The Morgan fingerprint density at radius 3 is 2.56 bits per heavy atom. The van der Waals surface area contributed by atoms with Crippen LogP contribution < -0.4 is 4.74 Å². The molecule has 2 saturated heterocycles. The standard InChI is InChI=1S/C24H25F3N2O3/c1-32-21-7-5-17(6-8-21)18-9-10-28(14-18)23(31)19-12-22(30)29(15-19)13-16-3-2-4-20(11-16)24(25,26)27/h2-8,11,18-19H,9-10,12-15H2,1H3. The molecule has 2 aromatic rings. The number of carbonyl (C=O) groups is 2. The minimum atomic E-state index is -4.43. The lowest BCUT2D eigenvalue weighted by Crippen LogP contribution is -2.35. The quantitative estimate of drug-likeness (QED) is 0.696.